The van der Waals surface area contributed by atoms with Gasteiger partial charge in [0.25, 0.3) is 5.91 Å². The first-order valence-corrected chi connectivity index (χ1v) is 9.23. The first kappa shape index (κ1) is 19.7. The van der Waals surface area contributed by atoms with Crippen LogP contribution in [0.25, 0.3) is 0 Å². The van der Waals surface area contributed by atoms with Gasteiger partial charge in [0.1, 0.15) is 28.7 Å². The van der Waals surface area contributed by atoms with Crippen molar-refractivity contribution in [2.75, 3.05) is 19.0 Å². The van der Waals surface area contributed by atoms with Gasteiger partial charge in [-0.15, -0.1) is 0 Å². The average molecular weight is 414 g/mol. The molecule has 1 amide bonds. The van der Waals surface area contributed by atoms with E-state index in [1.54, 1.807) is 11.8 Å². The maximum atomic E-state index is 14.6. The second-order valence-corrected chi connectivity index (χ2v) is 7.34. The molecule has 156 valence electrons. The fraction of sp³-hybridized carbons (Fsp3) is 0.300. The number of hydrogen-bond acceptors (Lipinski definition) is 7. The smallest absolute Gasteiger partial charge is 0.275 e. The molecule has 0 unspecified atom stereocenters. The SMILES string of the molecule is COc1cnc(C(=O)Nc2ccc(F)c([C@@H]3CN4C=C(F)C[C@@]4(C)C(N)=N3)c2)cn1. The minimum Gasteiger partial charge on any atom is -0.480 e. The van der Waals surface area contributed by atoms with E-state index in [2.05, 4.69) is 20.3 Å². The Hall–Kier alpha value is -3.56. The summed E-state index contributed by atoms with van der Waals surface area (Å²) in [5.41, 5.74) is 6.05. The van der Waals surface area contributed by atoms with E-state index in [0.717, 1.165) is 0 Å². The second kappa shape index (κ2) is 7.36. The van der Waals surface area contributed by atoms with E-state index in [4.69, 9.17) is 10.5 Å². The van der Waals surface area contributed by atoms with E-state index in [9.17, 15) is 13.6 Å². The van der Waals surface area contributed by atoms with Crippen LogP contribution < -0.4 is 15.8 Å². The summed E-state index contributed by atoms with van der Waals surface area (Å²) in [5.74, 6) is -0.774. The largest absolute Gasteiger partial charge is 0.480 e. The van der Waals surface area contributed by atoms with Gasteiger partial charge in [-0.05, 0) is 25.1 Å². The highest BCUT2D eigenvalue weighted by molar-refractivity contribution is 6.02. The molecular weight excluding hydrogens is 394 g/mol. The summed E-state index contributed by atoms with van der Waals surface area (Å²) >= 11 is 0. The summed E-state index contributed by atoms with van der Waals surface area (Å²) < 4.78 is 33.3. The normalized spacial score (nSPS) is 22.8. The van der Waals surface area contributed by atoms with Crippen LogP contribution in [0.5, 0.6) is 5.88 Å². The number of fused-ring (bicyclic) bond motifs is 1. The zero-order valence-electron chi connectivity index (χ0n) is 16.4. The molecular formula is C20H20F2N6O2. The van der Waals surface area contributed by atoms with Gasteiger partial charge in [-0.3, -0.25) is 9.79 Å². The molecule has 30 heavy (non-hydrogen) atoms. The van der Waals surface area contributed by atoms with Gasteiger partial charge in [-0.1, -0.05) is 0 Å². The number of nitrogens with two attached hydrogens (primary N) is 1. The second-order valence-electron chi connectivity index (χ2n) is 7.34. The number of amidine groups is 1. The highest BCUT2D eigenvalue weighted by Crippen LogP contribution is 2.39. The van der Waals surface area contributed by atoms with Gasteiger partial charge in [0.05, 0.1) is 25.5 Å². The molecule has 0 spiro atoms. The number of hydrogen-bond donors (Lipinski definition) is 2. The number of amides is 1. The number of methoxy groups -OCH3 is 1. The van der Waals surface area contributed by atoms with E-state index in [1.807, 2.05) is 0 Å². The Bertz CT molecular complexity index is 1060. The molecule has 0 saturated heterocycles. The van der Waals surface area contributed by atoms with Gasteiger partial charge in [0.2, 0.25) is 5.88 Å². The third-order valence-electron chi connectivity index (χ3n) is 5.34. The highest BCUT2D eigenvalue weighted by atomic mass is 19.1. The molecule has 3 heterocycles. The van der Waals surface area contributed by atoms with E-state index in [0.29, 0.717) is 5.69 Å². The van der Waals surface area contributed by atoms with Gasteiger partial charge < -0.3 is 20.7 Å². The molecule has 4 rings (SSSR count). The standard InChI is InChI=1S/C20H20F2N6O2/c1-20-6-11(21)9-28(20)10-16(27-19(20)23)13-5-12(3-4-14(13)22)26-18(29)15-7-25-17(30-2)8-24-15/h3-5,7-9,16H,6,10H2,1-2H3,(H2,23,27)(H,26,29)/t16-,20-/m0/s1. The van der Waals surface area contributed by atoms with Crippen LogP contribution in [0, 0.1) is 5.82 Å². The monoisotopic (exact) mass is 414 g/mol. The van der Waals surface area contributed by atoms with E-state index < -0.39 is 23.3 Å². The summed E-state index contributed by atoms with van der Waals surface area (Å²) in [6.07, 6.45) is 4.13. The Morgan fingerprint density at radius 2 is 2.13 bits per heavy atom. The number of carbonyl (C=O) groups is 1. The van der Waals surface area contributed by atoms with Crippen LogP contribution in [-0.4, -0.2) is 45.8 Å². The summed E-state index contributed by atoms with van der Waals surface area (Å²) in [4.78, 5) is 26.5. The van der Waals surface area contributed by atoms with Gasteiger partial charge in [0, 0.05) is 30.4 Å². The Morgan fingerprint density at radius 1 is 1.33 bits per heavy atom. The Kier molecular flexibility index (Phi) is 4.84. The van der Waals surface area contributed by atoms with Crippen molar-refractivity contribution in [1.29, 1.82) is 0 Å². The van der Waals surface area contributed by atoms with Crippen molar-refractivity contribution in [1.82, 2.24) is 14.9 Å². The molecule has 2 aliphatic heterocycles. The lowest BCUT2D eigenvalue weighted by Crippen LogP contribution is -2.55. The zero-order chi connectivity index (χ0) is 21.5. The maximum Gasteiger partial charge on any atom is 0.275 e. The lowest BCUT2D eigenvalue weighted by Gasteiger charge is -2.41. The first-order valence-electron chi connectivity index (χ1n) is 9.23. The van der Waals surface area contributed by atoms with Crippen molar-refractivity contribution in [3.63, 3.8) is 0 Å². The number of rotatable bonds is 4. The summed E-state index contributed by atoms with van der Waals surface area (Å²) in [6, 6.07) is 3.52. The molecule has 0 aliphatic carbocycles. The third kappa shape index (κ3) is 3.44. The zero-order valence-corrected chi connectivity index (χ0v) is 16.4. The van der Waals surface area contributed by atoms with Crippen molar-refractivity contribution in [2.24, 2.45) is 10.7 Å². The average Bonchev–Trinajstić information content (AvgIpc) is 3.04. The number of aromatic nitrogens is 2. The van der Waals surface area contributed by atoms with Crippen LogP contribution in [0.1, 0.15) is 35.4 Å². The number of aliphatic imine (C=N–C) groups is 1. The van der Waals surface area contributed by atoms with Crippen LogP contribution in [0.4, 0.5) is 14.5 Å². The molecule has 0 radical (unpaired) electrons. The molecule has 2 aliphatic rings. The lowest BCUT2D eigenvalue weighted by molar-refractivity contribution is 0.102. The van der Waals surface area contributed by atoms with Crippen molar-refractivity contribution in [3.05, 3.63) is 59.7 Å². The molecule has 2 aromatic rings. The third-order valence-corrected chi connectivity index (χ3v) is 5.34. The molecule has 0 bridgehead atoms. The van der Waals surface area contributed by atoms with Gasteiger partial charge in [-0.25, -0.2) is 18.7 Å². The molecule has 1 aromatic carbocycles. The van der Waals surface area contributed by atoms with Crippen molar-refractivity contribution >= 4 is 17.4 Å². The number of ether oxygens (including phenoxy) is 1. The van der Waals surface area contributed by atoms with Gasteiger partial charge >= 0.3 is 0 Å². The fourth-order valence-electron chi connectivity index (χ4n) is 3.59. The quantitative estimate of drug-likeness (QED) is 0.797. The van der Waals surface area contributed by atoms with E-state index in [-0.39, 0.29) is 41.8 Å². The fourth-order valence-corrected chi connectivity index (χ4v) is 3.59. The Balaban J connectivity index is 1.58. The lowest BCUT2D eigenvalue weighted by atomic mass is 9.92. The number of carbonyl (C=O) groups excluding carboxylic acids is 1. The first-order chi connectivity index (χ1) is 14.3. The minimum absolute atomic E-state index is 0.0788. The molecule has 1 aromatic heterocycles. The predicted molar refractivity (Wildman–Crippen MR) is 106 cm³/mol. The van der Waals surface area contributed by atoms with Crippen LogP contribution >= 0.6 is 0 Å². The molecule has 0 saturated carbocycles. The minimum atomic E-state index is -0.740. The molecule has 10 heteroatoms. The van der Waals surface area contributed by atoms with Gasteiger partial charge in [-0.2, -0.15) is 0 Å². The number of halogens is 2. The number of nitrogens with zero attached hydrogens (tertiary/aromatic N) is 4. The summed E-state index contributed by atoms with van der Waals surface area (Å²) in [7, 11) is 1.44. The Labute approximate surface area is 171 Å². The van der Waals surface area contributed by atoms with Gasteiger partial charge in [0.15, 0.2) is 0 Å². The van der Waals surface area contributed by atoms with E-state index in [1.165, 1.54) is 43.9 Å². The summed E-state index contributed by atoms with van der Waals surface area (Å²) in [6.45, 7) is 2.07. The molecule has 8 nitrogen and oxygen atoms in total. The van der Waals surface area contributed by atoms with E-state index >= 15 is 0 Å². The molecule has 2 atom stereocenters. The van der Waals surface area contributed by atoms with Crippen LogP contribution in [-0.2, 0) is 0 Å². The van der Waals surface area contributed by atoms with Crippen LogP contribution in [0.15, 0.2) is 47.6 Å². The molecule has 0 fully saturated rings. The number of anilines is 1. The van der Waals surface area contributed by atoms with Crippen LogP contribution in [0.3, 0.4) is 0 Å². The van der Waals surface area contributed by atoms with Crippen molar-refractivity contribution in [3.8, 4) is 5.88 Å². The predicted octanol–water partition coefficient (Wildman–Crippen LogP) is 2.56. The Morgan fingerprint density at radius 3 is 2.83 bits per heavy atom. The maximum absolute atomic E-state index is 14.6. The van der Waals surface area contributed by atoms with Crippen molar-refractivity contribution < 1.29 is 18.3 Å². The molecule has 3 N–H and O–H groups in total. The number of nitrogens with one attached hydrogen (secondary N) is 1. The number of benzene rings is 1. The van der Waals surface area contributed by atoms with Crippen molar-refractivity contribution in [2.45, 2.75) is 24.9 Å². The topological polar surface area (TPSA) is 106 Å². The van der Waals surface area contributed by atoms with Crippen LogP contribution in [0.2, 0.25) is 0 Å². The summed E-state index contributed by atoms with van der Waals surface area (Å²) in [5, 5.41) is 2.66. The highest BCUT2D eigenvalue weighted by Gasteiger charge is 2.44.